The second kappa shape index (κ2) is 10.8. The lowest BCUT2D eigenvalue weighted by Gasteiger charge is -2.20. The van der Waals surface area contributed by atoms with Gasteiger partial charge < -0.3 is 25.0 Å². The topological polar surface area (TPSA) is 110 Å². The van der Waals surface area contributed by atoms with Crippen molar-refractivity contribution in [3.63, 3.8) is 0 Å². The molecule has 0 radical (unpaired) electrons. The van der Waals surface area contributed by atoms with Crippen molar-refractivity contribution in [3.05, 3.63) is 81.8 Å². The fraction of sp³-hybridized carbons (Fsp3) is 0.240. The number of hydrogen-bond acceptors (Lipinski definition) is 5. The van der Waals surface area contributed by atoms with Gasteiger partial charge in [-0.3, -0.25) is 9.59 Å². The molecule has 0 aliphatic heterocycles. The number of anilines is 1. The van der Waals surface area contributed by atoms with Gasteiger partial charge in [0.05, 0.1) is 19.1 Å². The Hall–Kier alpha value is -4.21. The molecule has 0 fully saturated rings. The Morgan fingerprint density at radius 1 is 1.14 bits per heavy atom. The second-order valence-corrected chi connectivity index (χ2v) is 7.82. The van der Waals surface area contributed by atoms with Gasteiger partial charge in [-0.05, 0) is 43.2 Å². The number of pyridine rings is 1. The van der Waals surface area contributed by atoms with E-state index < -0.39 is 41.0 Å². The zero-order valence-electron chi connectivity index (χ0n) is 19.4. The Morgan fingerprint density at radius 3 is 2.57 bits per heavy atom. The van der Waals surface area contributed by atoms with Crippen LogP contribution in [0.3, 0.4) is 0 Å². The molecule has 0 spiro atoms. The second-order valence-electron chi connectivity index (χ2n) is 7.82. The van der Waals surface area contributed by atoms with Crippen molar-refractivity contribution in [1.82, 2.24) is 9.88 Å². The number of urea groups is 1. The normalized spacial score (nSPS) is 11.6. The van der Waals surface area contributed by atoms with Crippen LogP contribution >= 0.6 is 0 Å². The minimum atomic E-state index is -0.922. The molecule has 1 atom stereocenters. The van der Waals surface area contributed by atoms with Gasteiger partial charge in [0.2, 0.25) is 0 Å². The lowest BCUT2D eigenvalue weighted by Crippen LogP contribution is -2.36. The van der Waals surface area contributed by atoms with Gasteiger partial charge in [-0.2, -0.15) is 0 Å². The number of rotatable bonds is 7. The number of aromatic hydroxyl groups is 1. The Kier molecular flexibility index (Phi) is 7.85. The van der Waals surface area contributed by atoms with Gasteiger partial charge in [-0.25, -0.2) is 13.6 Å². The van der Waals surface area contributed by atoms with Crippen LogP contribution in [0.25, 0.3) is 11.1 Å². The quantitative estimate of drug-likeness (QED) is 0.436. The molecule has 0 saturated carbocycles. The molecule has 1 aromatic heterocycles. The minimum Gasteiger partial charge on any atom is -0.505 e. The lowest BCUT2D eigenvalue weighted by molar-refractivity contribution is -0.143. The number of carbonyl (C=O) groups excluding carboxylic acids is 2. The number of carbonyl (C=O) groups is 2. The third kappa shape index (κ3) is 6.03. The van der Waals surface area contributed by atoms with Crippen LogP contribution in [0.1, 0.15) is 30.6 Å². The maximum atomic E-state index is 14.3. The molecule has 0 unspecified atom stereocenters. The first-order valence-electron chi connectivity index (χ1n) is 10.8. The Balaban J connectivity index is 1.92. The summed E-state index contributed by atoms with van der Waals surface area (Å²) in [6.07, 6.45) is -0.255. The number of nitrogens with one attached hydrogen (secondary N) is 2. The van der Waals surface area contributed by atoms with Gasteiger partial charge in [0.15, 0.2) is 5.69 Å². The van der Waals surface area contributed by atoms with Gasteiger partial charge >= 0.3 is 12.0 Å². The molecule has 10 heteroatoms. The number of ether oxygens (including phenoxy) is 1. The highest BCUT2D eigenvalue weighted by atomic mass is 19.1. The van der Waals surface area contributed by atoms with Crippen LogP contribution in [0.2, 0.25) is 0 Å². The number of halogens is 2. The van der Waals surface area contributed by atoms with Crippen LogP contribution in [-0.4, -0.2) is 28.3 Å². The van der Waals surface area contributed by atoms with Crippen LogP contribution in [0.15, 0.2) is 53.3 Å². The smallest absolute Gasteiger partial charge is 0.319 e. The van der Waals surface area contributed by atoms with Crippen LogP contribution < -0.4 is 16.2 Å². The first kappa shape index (κ1) is 25.4. The molecule has 0 saturated heterocycles. The fourth-order valence-corrected chi connectivity index (χ4v) is 3.51. The Labute approximate surface area is 200 Å². The predicted molar refractivity (Wildman–Crippen MR) is 126 cm³/mol. The van der Waals surface area contributed by atoms with E-state index in [9.17, 15) is 28.3 Å². The van der Waals surface area contributed by atoms with Crippen LogP contribution in [-0.2, 0) is 16.6 Å². The van der Waals surface area contributed by atoms with Gasteiger partial charge in [0, 0.05) is 30.4 Å². The van der Waals surface area contributed by atoms with E-state index in [2.05, 4.69) is 10.6 Å². The molecule has 2 aromatic carbocycles. The summed E-state index contributed by atoms with van der Waals surface area (Å²) < 4.78 is 33.9. The molecule has 3 aromatic rings. The van der Waals surface area contributed by atoms with E-state index in [1.165, 1.54) is 23.7 Å². The van der Waals surface area contributed by atoms with E-state index >= 15 is 0 Å². The molecule has 3 N–H and O–H groups in total. The highest BCUT2D eigenvalue weighted by Gasteiger charge is 2.22. The van der Waals surface area contributed by atoms with Crippen molar-refractivity contribution < 1.29 is 28.2 Å². The third-order valence-corrected chi connectivity index (χ3v) is 5.40. The molecular formula is C25H25F2N3O5. The summed E-state index contributed by atoms with van der Waals surface area (Å²) in [5.41, 5.74) is 0.529. The van der Waals surface area contributed by atoms with Crippen molar-refractivity contribution >= 4 is 17.7 Å². The number of esters is 1. The Morgan fingerprint density at radius 2 is 1.89 bits per heavy atom. The van der Waals surface area contributed by atoms with E-state index in [0.29, 0.717) is 16.8 Å². The zero-order valence-corrected chi connectivity index (χ0v) is 19.4. The van der Waals surface area contributed by atoms with E-state index in [4.69, 9.17) is 4.74 Å². The monoisotopic (exact) mass is 485 g/mol. The summed E-state index contributed by atoms with van der Waals surface area (Å²) >= 11 is 0. The number of benzene rings is 2. The maximum absolute atomic E-state index is 14.3. The van der Waals surface area contributed by atoms with Gasteiger partial charge in [-0.15, -0.1) is 0 Å². The first-order chi connectivity index (χ1) is 16.6. The molecule has 2 amide bonds. The number of aromatic nitrogens is 1. The summed E-state index contributed by atoms with van der Waals surface area (Å²) in [5, 5.41) is 15.1. The number of nitrogens with zero attached hydrogens (tertiary/aromatic N) is 1. The summed E-state index contributed by atoms with van der Waals surface area (Å²) in [6, 6.07) is 9.12. The van der Waals surface area contributed by atoms with E-state index in [1.54, 1.807) is 38.1 Å². The minimum absolute atomic E-state index is 0.131. The number of amides is 2. The SMILES string of the molecule is CCOC(=O)C[C@H](NC(=O)Nc1c(O)cc(C)n(C)c1=O)c1cccc(-c2ccc(F)cc2F)c1. The van der Waals surface area contributed by atoms with Crippen LogP contribution in [0, 0.1) is 18.6 Å². The molecule has 0 aliphatic carbocycles. The zero-order chi connectivity index (χ0) is 25.7. The summed E-state index contributed by atoms with van der Waals surface area (Å²) in [4.78, 5) is 37.4. The van der Waals surface area contributed by atoms with Crippen molar-refractivity contribution in [2.24, 2.45) is 7.05 Å². The average Bonchev–Trinajstić information content (AvgIpc) is 2.80. The van der Waals surface area contributed by atoms with E-state index in [1.807, 2.05) is 0 Å². The van der Waals surface area contributed by atoms with Crippen molar-refractivity contribution in [1.29, 1.82) is 0 Å². The van der Waals surface area contributed by atoms with E-state index in [0.717, 1.165) is 12.1 Å². The first-order valence-corrected chi connectivity index (χ1v) is 10.8. The van der Waals surface area contributed by atoms with Gasteiger partial charge in [0.25, 0.3) is 5.56 Å². The van der Waals surface area contributed by atoms with Crippen LogP contribution in [0.4, 0.5) is 19.3 Å². The van der Waals surface area contributed by atoms with Crippen molar-refractivity contribution in [2.45, 2.75) is 26.3 Å². The molecule has 35 heavy (non-hydrogen) atoms. The van der Waals surface area contributed by atoms with Crippen molar-refractivity contribution in [3.8, 4) is 16.9 Å². The average molecular weight is 485 g/mol. The molecule has 3 rings (SSSR count). The molecular weight excluding hydrogens is 460 g/mol. The van der Waals surface area contributed by atoms with Gasteiger partial charge in [0.1, 0.15) is 17.4 Å². The fourth-order valence-electron chi connectivity index (χ4n) is 3.51. The maximum Gasteiger partial charge on any atom is 0.319 e. The highest BCUT2D eigenvalue weighted by Crippen LogP contribution is 2.28. The predicted octanol–water partition coefficient (Wildman–Crippen LogP) is 4.16. The van der Waals surface area contributed by atoms with Crippen LogP contribution in [0.5, 0.6) is 5.75 Å². The standard InChI is InChI=1S/C25H25F2N3O5/c1-4-35-22(32)13-20(28-25(34)29-23-21(31)10-14(2)30(3)24(23)33)16-7-5-6-15(11-16)18-9-8-17(26)12-19(18)27/h5-12,20,31H,4,13H2,1-3H3,(H2,28,29,34)/t20-/m0/s1. The third-order valence-electron chi connectivity index (χ3n) is 5.40. The molecule has 8 nitrogen and oxygen atoms in total. The lowest BCUT2D eigenvalue weighted by atomic mass is 9.97. The summed E-state index contributed by atoms with van der Waals surface area (Å²) in [6.45, 7) is 3.39. The Bertz CT molecular complexity index is 1320. The van der Waals surface area contributed by atoms with Crippen molar-refractivity contribution in [2.75, 3.05) is 11.9 Å². The molecule has 1 heterocycles. The van der Waals surface area contributed by atoms with Gasteiger partial charge in [-0.1, -0.05) is 18.2 Å². The molecule has 184 valence electrons. The largest absolute Gasteiger partial charge is 0.505 e. The van der Waals surface area contributed by atoms with E-state index in [-0.39, 0.29) is 24.3 Å². The summed E-state index contributed by atoms with van der Waals surface area (Å²) in [5.74, 6) is -2.48. The highest BCUT2D eigenvalue weighted by molar-refractivity contribution is 5.91. The number of hydrogen-bond donors (Lipinski definition) is 3. The molecule has 0 bridgehead atoms. The number of aryl methyl sites for hydroxylation is 1. The molecule has 0 aliphatic rings. The summed E-state index contributed by atoms with van der Waals surface area (Å²) in [7, 11) is 1.49.